The highest BCUT2D eigenvalue weighted by molar-refractivity contribution is 6.00. The van der Waals surface area contributed by atoms with E-state index in [0.717, 1.165) is 11.4 Å². The van der Waals surface area contributed by atoms with Gasteiger partial charge >= 0.3 is 6.03 Å². The average Bonchev–Trinajstić information content (AvgIpc) is 3.03. The van der Waals surface area contributed by atoms with Gasteiger partial charge in [0.2, 0.25) is 5.91 Å². The van der Waals surface area contributed by atoms with Crippen molar-refractivity contribution < 1.29 is 9.59 Å². The summed E-state index contributed by atoms with van der Waals surface area (Å²) in [4.78, 5) is 30.6. The fraction of sp³-hybridized carbons (Fsp3) is 0.364. The van der Waals surface area contributed by atoms with Crippen molar-refractivity contribution in [2.75, 3.05) is 36.0 Å². The van der Waals surface area contributed by atoms with E-state index in [1.807, 2.05) is 49.4 Å². The fourth-order valence-electron chi connectivity index (χ4n) is 3.37. The van der Waals surface area contributed by atoms with Crippen LogP contribution in [-0.2, 0) is 4.79 Å². The lowest BCUT2D eigenvalue weighted by Gasteiger charge is -2.24. The summed E-state index contributed by atoms with van der Waals surface area (Å²) in [6.45, 7) is 8.07. The molecule has 1 aliphatic rings. The maximum atomic E-state index is 12.8. The molecular weight excluding hydrogens is 338 g/mol. The Morgan fingerprint density at radius 1 is 1.04 bits per heavy atom. The minimum absolute atomic E-state index is 0.0611. The van der Waals surface area contributed by atoms with Gasteiger partial charge in [0.1, 0.15) is 6.54 Å². The Bertz CT molecular complexity index is 787. The van der Waals surface area contributed by atoms with Crippen LogP contribution < -0.4 is 9.80 Å². The maximum Gasteiger partial charge on any atom is 0.325 e. The van der Waals surface area contributed by atoms with Crippen LogP contribution in [0.5, 0.6) is 0 Å². The molecule has 0 aliphatic carbocycles. The molecule has 0 saturated carbocycles. The molecule has 0 N–H and O–H groups in total. The molecule has 0 aromatic heterocycles. The number of nitrogens with zero attached hydrogens (tertiary/aromatic N) is 3. The van der Waals surface area contributed by atoms with E-state index in [1.165, 1.54) is 5.56 Å². The summed E-state index contributed by atoms with van der Waals surface area (Å²) in [5.74, 6) is 0.398. The molecule has 0 spiro atoms. The zero-order valence-corrected chi connectivity index (χ0v) is 16.3. The summed E-state index contributed by atoms with van der Waals surface area (Å²) in [7, 11) is 0. The predicted molar refractivity (Wildman–Crippen MR) is 109 cm³/mol. The summed E-state index contributed by atoms with van der Waals surface area (Å²) in [6, 6.07) is 17.6. The van der Waals surface area contributed by atoms with Crippen molar-refractivity contribution in [1.29, 1.82) is 0 Å². The molecule has 0 radical (unpaired) electrons. The first kappa shape index (κ1) is 19.0. The molecule has 5 heteroatoms. The van der Waals surface area contributed by atoms with Crippen LogP contribution in [0.2, 0.25) is 0 Å². The number of hydrogen-bond acceptors (Lipinski definition) is 2. The Morgan fingerprint density at radius 3 is 2.30 bits per heavy atom. The van der Waals surface area contributed by atoms with E-state index in [9.17, 15) is 9.59 Å². The van der Waals surface area contributed by atoms with Crippen molar-refractivity contribution in [1.82, 2.24) is 4.90 Å². The van der Waals surface area contributed by atoms with Gasteiger partial charge in [0.15, 0.2) is 0 Å². The molecule has 27 heavy (non-hydrogen) atoms. The van der Waals surface area contributed by atoms with Crippen LogP contribution in [0.15, 0.2) is 54.6 Å². The lowest BCUT2D eigenvalue weighted by molar-refractivity contribution is -0.119. The maximum absolute atomic E-state index is 12.8. The first-order valence-corrected chi connectivity index (χ1v) is 9.53. The van der Waals surface area contributed by atoms with Crippen molar-refractivity contribution in [3.8, 4) is 0 Å². The second kappa shape index (κ2) is 8.25. The van der Waals surface area contributed by atoms with Gasteiger partial charge in [-0.3, -0.25) is 9.69 Å². The monoisotopic (exact) mass is 365 g/mol. The van der Waals surface area contributed by atoms with Crippen LogP contribution >= 0.6 is 0 Å². The highest BCUT2D eigenvalue weighted by Gasteiger charge is 2.32. The SMILES string of the molecule is CCN(C(=O)CN1CCN(c2ccc(C(C)C)cc2)C1=O)c1ccccc1. The topological polar surface area (TPSA) is 43.9 Å². The number of carbonyl (C=O) groups is 2. The normalized spacial score (nSPS) is 14.1. The Labute approximate surface area is 161 Å². The van der Waals surface area contributed by atoms with Crippen LogP contribution in [0, 0.1) is 0 Å². The van der Waals surface area contributed by atoms with E-state index in [4.69, 9.17) is 0 Å². The number of benzene rings is 2. The molecule has 3 amide bonds. The lowest BCUT2D eigenvalue weighted by Crippen LogP contribution is -2.42. The number of urea groups is 1. The third-order valence-electron chi connectivity index (χ3n) is 4.98. The summed E-state index contributed by atoms with van der Waals surface area (Å²) < 4.78 is 0. The minimum atomic E-state index is -0.107. The number of hydrogen-bond donors (Lipinski definition) is 0. The predicted octanol–water partition coefficient (Wildman–Crippen LogP) is 4.11. The van der Waals surface area contributed by atoms with E-state index in [-0.39, 0.29) is 18.5 Å². The number of amides is 3. The fourth-order valence-corrected chi connectivity index (χ4v) is 3.37. The second-order valence-electron chi connectivity index (χ2n) is 7.08. The van der Waals surface area contributed by atoms with Crippen molar-refractivity contribution in [3.63, 3.8) is 0 Å². The van der Waals surface area contributed by atoms with E-state index in [2.05, 4.69) is 26.0 Å². The molecule has 0 atom stereocenters. The first-order chi connectivity index (χ1) is 13.0. The van der Waals surface area contributed by atoms with Gasteiger partial charge in [-0.1, -0.05) is 44.2 Å². The number of rotatable bonds is 6. The molecule has 2 aromatic rings. The Balaban J connectivity index is 1.67. The van der Waals surface area contributed by atoms with Crippen LogP contribution in [0.3, 0.4) is 0 Å². The van der Waals surface area contributed by atoms with Gasteiger partial charge in [-0.25, -0.2) is 4.79 Å². The van der Waals surface area contributed by atoms with Gasteiger partial charge in [0.05, 0.1) is 0 Å². The van der Waals surface area contributed by atoms with Crippen molar-refractivity contribution in [2.24, 2.45) is 0 Å². The molecule has 142 valence electrons. The molecule has 1 fully saturated rings. The van der Waals surface area contributed by atoms with E-state index < -0.39 is 0 Å². The Morgan fingerprint density at radius 2 is 1.70 bits per heavy atom. The van der Waals surface area contributed by atoms with E-state index in [0.29, 0.717) is 25.6 Å². The van der Waals surface area contributed by atoms with Gasteiger partial charge < -0.3 is 9.80 Å². The van der Waals surface area contributed by atoms with Crippen LogP contribution in [0.25, 0.3) is 0 Å². The third-order valence-corrected chi connectivity index (χ3v) is 4.98. The number of anilines is 2. The molecule has 1 aliphatic heterocycles. The zero-order chi connectivity index (χ0) is 19.4. The number of para-hydroxylation sites is 1. The lowest BCUT2D eigenvalue weighted by atomic mass is 10.0. The summed E-state index contributed by atoms with van der Waals surface area (Å²) in [5, 5.41) is 0. The summed E-state index contributed by atoms with van der Waals surface area (Å²) in [6.07, 6.45) is 0. The molecule has 5 nitrogen and oxygen atoms in total. The standard InChI is InChI=1S/C22H27N3O2/c1-4-24(19-8-6-5-7-9-19)21(26)16-23-14-15-25(22(23)27)20-12-10-18(11-13-20)17(2)3/h5-13,17H,4,14-16H2,1-3H3. The van der Waals surface area contributed by atoms with Gasteiger partial charge in [-0.15, -0.1) is 0 Å². The Hall–Kier alpha value is -2.82. The molecule has 0 bridgehead atoms. The van der Waals surface area contributed by atoms with Crippen LogP contribution in [0.4, 0.5) is 16.2 Å². The van der Waals surface area contributed by atoms with Gasteiger partial charge in [-0.2, -0.15) is 0 Å². The highest BCUT2D eigenvalue weighted by atomic mass is 16.2. The molecule has 1 saturated heterocycles. The van der Waals surface area contributed by atoms with Crippen LogP contribution in [-0.4, -0.2) is 43.0 Å². The molecular formula is C22H27N3O2. The Kier molecular flexibility index (Phi) is 5.79. The molecule has 3 rings (SSSR count). The van der Waals surface area contributed by atoms with E-state index in [1.54, 1.807) is 14.7 Å². The molecule has 2 aromatic carbocycles. The second-order valence-corrected chi connectivity index (χ2v) is 7.08. The summed E-state index contributed by atoms with van der Waals surface area (Å²) >= 11 is 0. The van der Waals surface area contributed by atoms with Crippen molar-refractivity contribution in [2.45, 2.75) is 26.7 Å². The largest absolute Gasteiger partial charge is 0.325 e. The zero-order valence-electron chi connectivity index (χ0n) is 16.3. The smallest absolute Gasteiger partial charge is 0.313 e. The highest BCUT2D eigenvalue weighted by Crippen LogP contribution is 2.24. The average molecular weight is 365 g/mol. The van der Waals surface area contributed by atoms with Gasteiger partial charge in [0.25, 0.3) is 0 Å². The number of likely N-dealkylation sites (N-methyl/N-ethyl adjacent to an activating group) is 1. The molecule has 0 unspecified atom stereocenters. The first-order valence-electron chi connectivity index (χ1n) is 9.53. The van der Waals surface area contributed by atoms with Gasteiger partial charge in [-0.05, 0) is 42.7 Å². The summed E-state index contributed by atoms with van der Waals surface area (Å²) in [5.41, 5.74) is 2.99. The third kappa shape index (κ3) is 4.13. The minimum Gasteiger partial charge on any atom is -0.313 e. The van der Waals surface area contributed by atoms with E-state index >= 15 is 0 Å². The van der Waals surface area contributed by atoms with Crippen molar-refractivity contribution >= 4 is 23.3 Å². The molecule has 1 heterocycles. The van der Waals surface area contributed by atoms with Gasteiger partial charge in [0, 0.05) is 31.0 Å². The van der Waals surface area contributed by atoms with Crippen LogP contribution in [0.1, 0.15) is 32.3 Å². The quantitative estimate of drug-likeness (QED) is 0.773. The van der Waals surface area contributed by atoms with Crippen molar-refractivity contribution in [3.05, 3.63) is 60.2 Å². The number of carbonyl (C=O) groups excluding carboxylic acids is 2.